The third-order valence-electron chi connectivity index (χ3n) is 6.62. The van der Waals surface area contributed by atoms with Crippen LogP contribution in [0.25, 0.3) is 60.3 Å². The summed E-state index contributed by atoms with van der Waals surface area (Å²) in [6.07, 6.45) is 1.85. The molecule has 33 heavy (non-hydrogen) atoms. The molecule has 0 aliphatic carbocycles. The van der Waals surface area contributed by atoms with E-state index in [9.17, 15) is 0 Å². The molecule has 0 fully saturated rings. The number of aromatic nitrogens is 2. The number of benzene rings is 5. The fourth-order valence-corrected chi connectivity index (χ4v) is 5.13. The maximum absolute atomic E-state index is 4.55. The number of rotatable bonds is 2. The smallest absolute Gasteiger partial charge is 0.0702 e. The summed E-state index contributed by atoms with van der Waals surface area (Å²) in [5.74, 6) is 0. The first-order valence-corrected chi connectivity index (χ1v) is 11.2. The van der Waals surface area contributed by atoms with Gasteiger partial charge in [0.15, 0.2) is 0 Å². The van der Waals surface area contributed by atoms with E-state index >= 15 is 0 Å². The van der Waals surface area contributed by atoms with Crippen LogP contribution in [0, 0.1) is 0 Å². The summed E-state index contributed by atoms with van der Waals surface area (Å²) >= 11 is 0. The van der Waals surface area contributed by atoms with Crippen LogP contribution in [0.4, 0.5) is 0 Å². The van der Waals surface area contributed by atoms with Crippen molar-refractivity contribution in [1.82, 2.24) is 9.55 Å². The van der Waals surface area contributed by atoms with Gasteiger partial charge in [-0.15, -0.1) is 0 Å². The standard InChI is InChI=1S/C31H20N2/c1-2-10-24-21(8-1)9-7-14-29(24)33-30-13-4-3-11-26(30)27-18-15-22-20-23(16-17-25(22)31(27)33)28-12-5-6-19-32-28/h1-20H. The number of nitrogens with zero attached hydrogens (tertiary/aromatic N) is 2. The van der Waals surface area contributed by atoms with Crippen LogP contribution in [-0.4, -0.2) is 9.55 Å². The second-order valence-electron chi connectivity index (χ2n) is 8.46. The number of para-hydroxylation sites is 1. The molecule has 0 N–H and O–H groups in total. The summed E-state index contributed by atoms with van der Waals surface area (Å²) in [6, 6.07) is 41.2. The van der Waals surface area contributed by atoms with Gasteiger partial charge >= 0.3 is 0 Å². The van der Waals surface area contributed by atoms with Gasteiger partial charge < -0.3 is 4.57 Å². The second kappa shape index (κ2) is 7.04. The van der Waals surface area contributed by atoms with Crippen molar-refractivity contribution >= 4 is 43.4 Å². The van der Waals surface area contributed by atoms with E-state index in [1.54, 1.807) is 0 Å². The first-order chi connectivity index (χ1) is 16.4. The third-order valence-corrected chi connectivity index (χ3v) is 6.62. The third kappa shape index (κ3) is 2.71. The molecule has 5 aromatic carbocycles. The zero-order valence-corrected chi connectivity index (χ0v) is 17.9. The minimum atomic E-state index is 0.995. The fraction of sp³-hybridized carbons (Fsp3) is 0. The van der Waals surface area contributed by atoms with Gasteiger partial charge in [0.25, 0.3) is 0 Å². The van der Waals surface area contributed by atoms with Gasteiger partial charge in [0.2, 0.25) is 0 Å². The highest BCUT2D eigenvalue weighted by molar-refractivity contribution is 6.19. The van der Waals surface area contributed by atoms with Gasteiger partial charge in [-0.1, -0.05) is 84.9 Å². The van der Waals surface area contributed by atoms with Crippen molar-refractivity contribution in [1.29, 1.82) is 0 Å². The van der Waals surface area contributed by atoms with Crippen molar-refractivity contribution in [2.45, 2.75) is 0 Å². The topological polar surface area (TPSA) is 17.8 Å². The van der Waals surface area contributed by atoms with Crippen molar-refractivity contribution in [3.05, 3.63) is 121 Å². The predicted molar refractivity (Wildman–Crippen MR) is 139 cm³/mol. The van der Waals surface area contributed by atoms with Gasteiger partial charge in [-0.2, -0.15) is 0 Å². The highest BCUT2D eigenvalue weighted by Crippen LogP contribution is 2.39. The van der Waals surface area contributed by atoms with Crippen molar-refractivity contribution in [3.63, 3.8) is 0 Å². The summed E-state index contributed by atoms with van der Waals surface area (Å²) in [6.45, 7) is 0. The van der Waals surface area contributed by atoms with Crippen LogP contribution in [0.3, 0.4) is 0 Å². The van der Waals surface area contributed by atoms with E-state index in [0.29, 0.717) is 0 Å². The Labute approximate surface area is 191 Å². The molecule has 0 aliphatic rings. The Hall–Kier alpha value is -4.43. The van der Waals surface area contributed by atoms with Gasteiger partial charge in [0.1, 0.15) is 0 Å². The normalized spacial score (nSPS) is 11.6. The quantitative estimate of drug-likeness (QED) is 0.276. The Bertz CT molecular complexity index is 1800. The van der Waals surface area contributed by atoms with E-state index in [4.69, 9.17) is 0 Å². The van der Waals surface area contributed by atoms with E-state index in [-0.39, 0.29) is 0 Å². The maximum Gasteiger partial charge on any atom is 0.0702 e. The number of hydrogen-bond donors (Lipinski definition) is 0. The zero-order valence-electron chi connectivity index (χ0n) is 17.9. The van der Waals surface area contributed by atoms with Crippen LogP contribution in [0.1, 0.15) is 0 Å². The minimum absolute atomic E-state index is 0.995. The van der Waals surface area contributed by atoms with Crippen molar-refractivity contribution in [2.24, 2.45) is 0 Å². The molecule has 0 spiro atoms. The molecule has 0 amide bonds. The second-order valence-corrected chi connectivity index (χ2v) is 8.46. The Balaban J connectivity index is 1.63. The van der Waals surface area contributed by atoms with Gasteiger partial charge in [0.05, 0.1) is 22.4 Å². The number of hydrogen-bond acceptors (Lipinski definition) is 1. The summed E-state index contributed by atoms with van der Waals surface area (Å²) in [5, 5.41) is 7.52. The van der Waals surface area contributed by atoms with Crippen molar-refractivity contribution in [3.8, 4) is 16.9 Å². The Morgan fingerprint density at radius 3 is 2.21 bits per heavy atom. The Morgan fingerprint density at radius 1 is 0.515 bits per heavy atom. The van der Waals surface area contributed by atoms with Gasteiger partial charge in [-0.05, 0) is 41.1 Å². The highest BCUT2D eigenvalue weighted by Gasteiger charge is 2.16. The van der Waals surface area contributed by atoms with E-state index in [1.165, 1.54) is 49.0 Å². The van der Waals surface area contributed by atoms with Gasteiger partial charge in [0, 0.05) is 33.3 Å². The molecule has 2 nitrogen and oxygen atoms in total. The first kappa shape index (κ1) is 18.2. The molecule has 0 bridgehead atoms. The molecule has 0 saturated carbocycles. The van der Waals surface area contributed by atoms with Crippen LogP contribution in [0.15, 0.2) is 121 Å². The van der Waals surface area contributed by atoms with E-state index < -0.39 is 0 Å². The van der Waals surface area contributed by atoms with Gasteiger partial charge in [-0.25, -0.2) is 0 Å². The average molecular weight is 421 g/mol. The molecule has 2 heterocycles. The summed E-state index contributed by atoms with van der Waals surface area (Å²) in [4.78, 5) is 4.55. The summed E-state index contributed by atoms with van der Waals surface area (Å²) in [5.41, 5.74) is 5.81. The van der Waals surface area contributed by atoms with Crippen LogP contribution in [0.5, 0.6) is 0 Å². The van der Waals surface area contributed by atoms with E-state index in [1.807, 2.05) is 18.3 Å². The highest BCUT2D eigenvalue weighted by atomic mass is 15.0. The molecule has 0 aliphatic heterocycles. The van der Waals surface area contributed by atoms with E-state index in [2.05, 4.69) is 113 Å². The largest absolute Gasteiger partial charge is 0.308 e. The number of pyridine rings is 1. The predicted octanol–water partition coefficient (Wildman–Crippen LogP) is 8.15. The van der Waals surface area contributed by atoms with Crippen LogP contribution in [-0.2, 0) is 0 Å². The molecule has 0 saturated heterocycles. The molecular weight excluding hydrogens is 400 g/mol. The molecule has 0 atom stereocenters. The van der Waals surface area contributed by atoms with Gasteiger partial charge in [-0.3, -0.25) is 4.98 Å². The lowest BCUT2D eigenvalue weighted by Crippen LogP contribution is -1.96. The zero-order chi connectivity index (χ0) is 21.8. The summed E-state index contributed by atoms with van der Waals surface area (Å²) in [7, 11) is 0. The van der Waals surface area contributed by atoms with Crippen LogP contribution >= 0.6 is 0 Å². The Kier molecular flexibility index (Phi) is 3.88. The molecule has 7 rings (SSSR count). The molecule has 0 radical (unpaired) electrons. The number of fused-ring (bicyclic) bond motifs is 6. The van der Waals surface area contributed by atoms with Crippen LogP contribution < -0.4 is 0 Å². The lowest BCUT2D eigenvalue weighted by Gasteiger charge is -2.13. The maximum atomic E-state index is 4.55. The first-order valence-electron chi connectivity index (χ1n) is 11.2. The lowest BCUT2D eigenvalue weighted by atomic mass is 10.0. The fourth-order valence-electron chi connectivity index (χ4n) is 5.13. The van der Waals surface area contributed by atoms with Crippen molar-refractivity contribution < 1.29 is 0 Å². The molecule has 0 unspecified atom stereocenters. The Morgan fingerprint density at radius 2 is 1.30 bits per heavy atom. The average Bonchev–Trinajstić information content (AvgIpc) is 3.23. The summed E-state index contributed by atoms with van der Waals surface area (Å²) < 4.78 is 2.44. The SMILES string of the molecule is c1ccc(-c2ccc3c(ccc4c5ccccc5n(-c5cccc6ccccc56)c34)c2)nc1. The lowest BCUT2D eigenvalue weighted by molar-refractivity contribution is 1.20. The molecular formula is C31H20N2. The minimum Gasteiger partial charge on any atom is -0.308 e. The van der Waals surface area contributed by atoms with Crippen molar-refractivity contribution in [2.75, 3.05) is 0 Å². The monoisotopic (exact) mass is 420 g/mol. The van der Waals surface area contributed by atoms with Crippen LogP contribution in [0.2, 0.25) is 0 Å². The molecule has 2 heteroatoms. The molecule has 154 valence electrons. The molecule has 2 aromatic heterocycles. The molecule has 7 aromatic rings. The van der Waals surface area contributed by atoms with E-state index in [0.717, 1.165) is 11.3 Å².